The highest BCUT2D eigenvalue weighted by Gasteiger charge is 2.01. The monoisotopic (exact) mass is 277 g/mol. The van der Waals surface area contributed by atoms with Gasteiger partial charge in [-0.2, -0.15) is 0 Å². The Bertz CT molecular complexity index is 321. The van der Waals surface area contributed by atoms with Crippen LogP contribution in [-0.4, -0.2) is 12.5 Å². The summed E-state index contributed by atoms with van der Waals surface area (Å²) < 4.78 is 0. The molecule has 0 spiro atoms. The molecule has 1 amide bonds. The van der Waals surface area contributed by atoms with E-state index in [1.54, 1.807) is 0 Å². The summed E-state index contributed by atoms with van der Waals surface area (Å²) in [5.41, 5.74) is 1.23. The molecule has 114 valence electrons. The Morgan fingerprint density at radius 2 is 1.65 bits per heavy atom. The van der Waals surface area contributed by atoms with Crippen molar-refractivity contribution in [1.82, 2.24) is 5.32 Å². The summed E-state index contributed by atoms with van der Waals surface area (Å²) in [6.45, 7) is 7.04. The van der Waals surface area contributed by atoms with Crippen LogP contribution in [0.1, 0.15) is 64.9 Å². The Labute approximate surface area is 125 Å². The van der Waals surface area contributed by atoms with E-state index < -0.39 is 0 Å². The van der Waals surface area contributed by atoms with Gasteiger partial charge in [-0.1, -0.05) is 76.8 Å². The number of unbranched alkanes of at least 4 members (excludes halogenated alkanes) is 4. The van der Waals surface area contributed by atoms with E-state index in [1.807, 2.05) is 32.0 Å². The minimum absolute atomic E-state index is 0.175. The number of hydrogen-bond donors (Lipinski definition) is 1. The summed E-state index contributed by atoms with van der Waals surface area (Å²) in [5, 5.41) is 2.99. The molecule has 0 atom stereocenters. The van der Waals surface area contributed by atoms with Gasteiger partial charge in [-0.3, -0.25) is 4.79 Å². The first-order valence-electron chi connectivity index (χ1n) is 8.13. The maximum absolute atomic E-state index is 11.6. The van der Waals surface area contributed by atoms with E-state index in [4.69, 9.17) is 0 Å². The molecule has 2 nitrogen and oxygen atoms in total. The van der Waals surface area contributed by atoms with Gasteiger partial charge in [-0.05, 0) is 18.4 Å². The van der Waals surface area contributed by atoms with Crippen molar-refractivity contribution in [3.63, 3.8) is 0 Å². The zero-order chi connectivity index (χ0) is 15.1. The third kappa shape index (κ3) is 10.6. The van der Waals surface area contributed by atoms with Crippen LogP contribution in [0.3, 0.4) is 0 Å². The fourth-order valence-corrected chi connectivity index (χ4v) is 1.95. The van der Waals surface area contributed by atoms with Crippen molar-refractivity contribution < 1.29 is 4.79 Å². The second kappa shape index (κ2) is 14.1. The number of benzene rings is 1. The Morgan fingerprint density at radius 1 is 1.00 bits per heavy atom. The molecule has 0 saturated carbocycles. The minimum Gasteiger partial charge on any atom is -0.356 e. The zero-order valence-corrected chi connectivity index (χ0v) is 13.5. The lowest BCUT2D eigenvalue weighted by atomic mass is 10.1. The van der Waals surface area contributed by atoms with Crippen LogP contribution < -0.4 is 5.32 Å². The van der Waals surface area contributed by atoms with Crippen LogP contribution in [0.2, 0.25) is 0 Å². The van der Waals surface area contributed by atoms with Gasteiger partial charge in [0.05, 0.1) is 0 Å². The normalized spacial score (nSPS) is 9.55. The topological polar surface area (TPSA) is 29.1 Å². The maximum atomic E-state index is 11.6. The highest BCUT2D eigenvalue weighted by molar-refractivity contribution is 5.76. The predicted octanol–water partition coefficient (Wildman–Crippen LogP) is 4.73. The molecule has 1 N–H and O–H groups in total. The highest BCUT2D eigenvalue weighted by atomic mass is 16.1. The van der Waals surface area contributed by atoms with Crippen LogP contribution in [0.4, 0.5) is 0 Å². The standard InChI is InChI=1S/C16H25NO.C2H6/c1-2-3-4-5-9-14-17-16(18)13-12-15-10-7-6-8-11-15;1-2/h6-8,10-11H,2-5,9,12-14H2,1H3,(H,17,18);1-2H3. The molecule has 0 aliphatic heterocycles. The third-order valence-electron chi connectivity index (χ3n) is 3.09. The molecule has 0 aliphatic rings. The Balaban J connectivity index is 0.00000172. The van der Waals surface area contributed by atoms with Crippen LogP contribution in [0, 0.1) is 0 Å². The number of carbonyl (C=O) groups excluding carboxylic acids is 1. The van der Waals surface area contributed by atoms with Gasteiger partial charge in [-0.25, -0.2) is 0 Å². The molecule has 20 heavy (non-hydrogen) atoms. The lowest BCUT2D eigenvalue weighted by Crippen LogP contribution is -2.24. The summed E-state index contributed by atoms with van der Waals surface area (Å²) in [6, 6.07) is 10.2. The van der Waals surface area contributed by atoms with Crippen molar-refractivity contribution in [1.29, 1.82) is 0 Å². The SMILES string of the molecule is CC.CCCCCCCNC(=O)CCc1ccccc1. The van der Waals surface area contributed by atoms with Gasteiger partial charge in [0.15, 0.2) is 0 Å². The second-order valence-electron chi connectivity index (χ2n) is 4.75. The number of rotatable bonds is 9. The molecule has 1 aromatic rings. The fourth-order valence-electron chi connectivity index (χ4n) is 1.95. The molecule has 0 heterocycles. The van der Waals surface area contributed by atoms with Gasteiger partial charge in [0.1, 0.15) is 0 Å². The molecular weight excluding hydrogens is 246 g/mol. The van der Waals surface area contributed by atoms with E-state index in [1.165, 1.54) is 31.2 Å². The van der Waals surface area contributed by atoms with Crippen LogP contribution >= 0.6 is 0 Å². The van der Waals surface area contributed by atoms with Gasteiger partial charge in [0.25, 0.3) is 0 Å². The molecule has 1 rings (SSSR count). The van der Waals surface area contributed by atoms with Gasteiger partial charge in [0, 0.05) is 13.0 Å². The molecule has 0 aromatic heterocycles. The summed E-state index contributed by atoms with van der Waals surface area (Å²) in [4.78, 5) is 11.6. The quantitative estimate of drug-likeness (QED) is 0.649. The number of carbonyl (C=O) groups is 1. The van der Waals surface area contributed by atoms with E-state index in [0.29, 0.717) is 6.42 Å². The van der Waals surface area contributed by atoms with Crippen molar-refractivity contribution in [2.45, 2.75) is 65.7 Å². The smallest absolute Gasteiger partial charge is 0.220 e. The van der Waals surface area contributed by atoms with Crippen LogP contribution in [-0.2, 0) is 11.2 Å². The van der Waals surface area contributed by atoms with Crippen LogP contribution in [0.15, 0.2) is 30.3 Å². The Morgan fingerprint density at radius 3 is 2.30 bits per heavy atom. The number of nitrogens with one attached hydrogen (secondary N) is 1. The first-order chi connectivity index (χ1) is 9.83. The van der Waals surface area contributed by atoms with Crippen molar-refractivity contribution in [2.24, 2.45) is 0 Å². The highest BCUT2D eigenvalue weighted by Crippen LogP contribution is 2.03. The second-order valence-corrected chi connectivity index (χ2v) is 4.75. The fraction of sp³-hybridized carbons (Fsp3) is 0.611. The molecule has 1 aromatic carbocycles. The molecule has 2 heteroatoms. The molecule has 0 fully saturated rings. The first-order valence-corrected chi connectivity index (χ1v) is 8.13. The third-order valence-corrected chi connectivity index (χ3v) is 3.09. The number of aryl methyl sites for hydroxylation is 1. The Hall–Kier alpha value is -1.31. The zero-order valence-electron chi connectivity index (χ0n) is 13.5. The van der Waals surface area contributed by atoms with E-state index in [-0.39, 0.29) is 5.91 Å². The van der Waals surface area contributed by atoms with E-state index in [2.05, 4.69) is 24.4 Å². The van der Waals surface area contributed by atoms with E-state index in [9.17, 15) is 4.79 Å². The molecule has 0 radical (unpaired) electrons. The minimum atomic E-state index is 0.175. The van der Waals surface area contributed by atoms with Crippen LogP contribution in [0.25, 0.3) is 0 Å². The van der Waals surface area contributed by atoms with Crippen molar-refractivity contribution in [3.8, 4) is 0 Å². The van der Waals surface area contributed by atoms with Crippen molar-refractivity contribution in [3.05, 3.63) is 35.9 Å². The average molecular weight is 277 g/mol. The first kappa shape index (κ1) is 18.7. The largest absolute Gasteiger partial charge is 0.356 e. The maximum Gasteiger partial charge on any atom is 0.220 e. The van der Waals surface area contributed by atoms with Gasteiger partial charge < -0.3 is 5.32 Å². The number of hydrogen-bond acceptors (Lipinski definition) is 1. The molecule has 0 bridgehead atoms. The predicted molar refractivity (Wildman–Crippen MR) is 87.9 cm³/mol. The van der Waals surface area contributed by atoms with E-state index >= 15 is 0 Å². The molecule has 0 unspecified atom stereocenters. The Kier molecular flexibility index (Phi) is 13.2. The molecular formula is C18H31NO. The molecule has 0 aliphatic carbocycles. The van der Waals surface area contributed by atoms with E-state index in [0.717, 1.165) is 19.4 Å². The van der Waals surface area contributed by atoms with Gasteiger partial charge >= 0.3 is 0 Å². The summed E-state index contributed by atoms with van der Waals surface area (Å²) in [7, 11) is 0. The lowest BCUT2D eigenvalue weighted by Gasteiger charge is -2.05. The van der Waals surface area contributed by atoms with Crippen molar-refractivity contribution >= 4 is 5.91 Å². The van der Waals surface area contributed by atoms with Crippen molar-refractivity contribution in [2.75, 3.05) is 6.54 Å². The van der Waals surface area contributed by atoms with Gasteiger partial charge in [0.2, 0.25) is 5.91 Å². The summed E-state index contributed by atoms with van der Waals surface area (Å²) in [6.07, 6.45) is 7.63. The summed E-state index contributed by atoms with van der Waals surface area (Å²) >= 11 is 0. The molecule has 0 saturated heterocycles. The van der Waals surface area contributed by atoms with Crippen LogP contribution in [0.5, 0.6) is 0 Å². The van der Waals surface area contributed by atoms with Gasteiger partial charge in [-0.15, -0.1) is 0 Å². The summed E-state index contributed by atoms with van der Waals surface area (Å²) in [5.74, 6) is 0.175. The lowest BCUT2D eigenvalue weighted by molar-refractivity contribution is -0.121. The number of amides is 1. The average Bonchev–Trinajstić information content (AvgIpc) is 2.52.